The van der Waals surface area contributed by atoms with E-state index in [0.717, 1.165) is 18.4 Å². The van der Waals surface area contributed by atoms with Crippen LogP contribution in [0.2, 0.25) is 0 Å². The van der Waals surface area contributed by atoms with Crippen LogP contribution < -0.4 is 0 Å². The summed E-state index contributed by atoms with van der Waals surface area (Å²) in [5.74, 6) is -3.24. The fraction of sp³-hybridized carbons (Fsp3) is 0.833. The molecule has 13 atom stereocenters. The van der Waals surface area contributed by atoms with Gasteiger partial charge in [0.1, 0.15) is 12.2 Å². The maximum atomic E-state index is 13.9. The van der Waals surface area contributed by atoms with Crippen molar-refractivity contribution in [2.24, 2.45) is 51.8 Å². The molecule has 0 aromatic heterocycles. The number of esters is 3. The Morgan fingerprint density at radius 2 is 1.67 bits per heavy atom. The number of aliphatic hydroxyl groups excluding tert-OH is 2. The molecule has 0 amide bonds. The molecule has 52 heavy (non-hydrogen) atoms. The molecular formula is C42H68O10. The van der Waals surface area contributed by atoms with Crippen molar-refractivity contribution < 1.29 is 48.7 Å². The zero-order valence-electron chi connectivity index (χ0n) is 33.9. The van der Waals surface area contributed by atoms with Crippen LogP contribution in [0, 0.1) is 51.8 Å². The van der Waals surface area contributed by atoms with Gasteiger partial charge in [-0.1, -0.05) is 78.2 Å². The third-order valence-corrected chi connectivity index (χ3v) is 13.8. The fourth-order valence-corrected chi connectivity index (χ4v) is 11.1. The average Bonchev–Trinajstić information content (AvgIpc) is 3.66. The van der Waals surface area contributed by atoms with Gasteiger partial charge in [-0.2, -0.15) is 0 Å². The highest BCUT2D eigenvalue weighted by Crippen LogP contribution is 2.72. The number of methoxy groups -OCH3 is 1. The average molecular weight is 733 g/mol. The van der Waals surface area contributed by atoms with E-state index in [9.17, 15) is 29.7 Å². The van der Waals surface area contributed by atoms with Crippen molar-refractivity contribution in [1.29, 1.82) is 0 Å². The molecule has 0 unspecified atom stereocenters. The first-order valence-electron chi connectivity index (χ1n) is 19.6. The molecular weight excluding hydrogens is 664 g/mol. The summed E-state index contributed by atoms with van der Waals surface area (Å²) < 4.78 is 24.4. The zero-order chi connectivity index (χ0) is 39.1. The SMILES string of the molecule is CC[C@@H](C)[C@@H](O)C(=O)O[C@@H]1C[C@]2(C)C(=CC[C@H]2[C@H]2CO[C@H](C=C(C)C)C2)[C@@]2(C)[C@H]1[C@@](C)(CCC(=O)OC)[C@H](C(C)(C)O)C[C@H]2OC(=O)[C@H](O)C(C)C. The lowest BCUT2D eigenvalue weighted by atomic mass is 9.39. The smallest absolute Gasteiger partial charge is 0.335 e. The van der Waals surface area contributed by atoms with Crippen molar-refractivity contribution in [1.82, 2.24) is 0 Å². The molecule has 1 aliphatic heterocycles. The summed E-state index contributed by atoms with van der Waals surface area (Å²) in [7, 11) is 1.35. The Labute approximate surface area is 312 Å². The monoisotopic (exact) mass is 732 g/mol. The van der Waals surface area contributed by atoms with E-state index in [2.05, 4.69) is 46.8 Å². The van der Waals surface area contributed by atoms with Crippen LogP contribution in [0.1, 0.15) is 121 Å². The minimum absolute atomic E-state index is 0.0175. The third kappa shape index (κ3) is 7.92. The van der Waals surface area contributed by atoms with Gasteiger partial charge in [-0.25, -0.2) is 9.59 Å². The number of hydrogen-bond donors (Lipinski definition) is 3. The van der Waals surface area contributed by atoms with Crippen molar-refractivity contribution in [3.8, 4) is 0 Å². The molecule has 4 aliphatic rings. The van der Waals surface area contributed by atoms with Crippen LogP contribution in [-0.4, -0.2) is 83.1 Å². The number of hydrogen-bond acceptors (Lipinski definition) is 10. The molecule has 0 bridgehead atoms. The molecule has 1 heterocycles. The van der Waals surface area contributed by atoms with E-state index in [1.165, 1.54) is 12.7 Å². The van der Waals surface area contributed by atoms with E-state index in [1.54, 1.807) is 27.7 Å². The summed E-state index contributed by atoms with van der Waals surface area (Å²) in [5.41, 5.74) is -1.26. The predicted octanol–water partition coefficient (Wildman–Crippen LogP) is 6.33. The lowest BCUT2D eigenvalue weighted by Gasteiger charge is -2.67. The van der Waals surface area contributed by atoms with E-state index >= 15 is 0 Å². The number of carbonyl (C=O) groups excluding carboxylic acids is 3. The van der Waals surface area contributed by atoms with Crippen molar-refractivity contribution in [3.05, 3.63) is 23.3 Å². The third-order valence-electron chi connectivity index (χ3n) is 13.8. The van der Waals surface area contributed by atoms with Crippen molar-refractivity contribution in [2.45, 2.75) is 157 Å². The minimum atomic E-state index is -1.35. The summed E-state index contributed by atoms with van der Waals surface area (Å²) in [6.07, 6.45) is 3.54. The van der Waals surface area contributed by atoms with Gasteiger partial charge in [-0.15, -0.1) is 0 Å². The van der Waals surface area contributed by atoms with Gasteiger partial charge in [0, 0.05) is 17.8 Å². The van der Waals surface area contributed by atoms with E-state index in [0.29, 0.717) is 25.9 Å². The Bertz CT molecular complexity index is 1370. The first kappa shape index (κ1) is 42.5. The standard InChI is InChI=1S/C42H68O10/c1-13-25(6)35(45)38(47)51-29-21-41(10)28(26-19-27(50-22-26)18-23(2)3)14-15-30(41)42(11)32(52-37(46)34(44)24(4)5)20-31(39(7,8)48)40(9,36(29)42)17-16-33(43)49-12/h15,18,24-29,31-32,34-36,44-45,48H,13-14,16-17,19-22H2,1-12H3/t25-,26-,27-,28+,29-,31+,32-,34-,35-,36-,40+,41+,42-/m1/s1. The zero-order valence-corrected chi connectivity index (χ0v) is 33.9. The van der Waals surface area contributed by atoms with Crippen LogP contribution in [0.15, 0.2) is 23.3 Å². The first-order chi connectivity index (χ1) is 24.1. The molecule has 0 aromatic carbocycles. The van der Waals surface area contributed by atoms with Crippen LogP contribution in [0.25, 0.3) is 0 Å². The molecule has 3 aliphatic carbocycles. The normalized spacial score (nSPS) is 37.6. The molecule has 10 nitrogen and oxygen atoms in total. The second-order valence-corrected chi connectivity index (χ2v) is 18.4. The van der Waals surface area contributed by atoms with Crippen LogP contribution in [0.3, 0.4) is 0 Å². The summed E-state index contributed by atoms with van der Waals surface area (Å²) >= 11 is 0. The fourth-order valence-electron chi connectivity index (χ4n) is 11.1. The molecule has 296 valence electrons. The number of fused-ring (bicyclic) bond motifs is 3. The number of allylic oxidation sites excluding steroid dienone is 2. The Kier molecular flexibility index (Phi) is 12.9. The van der Waals surface area contributed by atoms with Crippen molar-refractivity contribution >= 4 is 17.9 Å². The second-order valence-electron chi connectivity index (χ2n) is 18.4. The van der Waals surface area contributed by atoms with Crippen LogP contribution >= 0.6 is 0 Å². The highest BCUT2D eigenvalue weighted by molar-refractivity contribution is 5.75. The lowest BCUT2D eigenvalue weighted by Crippen LogP contribution is -2.68. The summed E-state index contributed by atoms with van der Waals surface area (Å²) in [4.78, 5) is 40.4. The second kappa shape index (κ2) is 15.8. The van der Waals surface area contributed by atoms with Crippen molar-refractivity contribution in [2.75, 3.05) is 13.7 Å². The number of carbonyl (C=O) groups is 3. The first-order valence-corrected chi connectivity index (χ1v) is 19.6. The predicted molar refractivity (Wildman–Crippen MR) is 198 cm³/mol. The highest BCUT2D eigenvalue weighted by Gasteiger charge is 2.71. The Balaban J connectivity index is 1.94. The topological polar surface area (TPSA) is 149 Å². The molecule has 10 heteroatoms. The van der Waals surface area contributed by atoms with Gasteiger partial charge in [0.2, 0.25) is 0 Å². The Hall–Kier alpha value is -2.27. The number of ether oxygens (including phenoxy) is 4. The summed E-state index contributed by atoms with van der Waals surface area (Å²) in [6.45, 7) is 21.8. The van der Waals surface area contributed by atoms with Gasteiger partial charge in [0.25, 0.3) is 0 Å². The number of aliphatic hydroxyl groups is 3. The van der Waals surface area contributed by atoms with E-state index in [1.807, 2.05) is 13.8 Å². The molecule has 2 saturated carbocycles. The van der Waals surface area contributed by atoms with Crippen molar-refractivity contribution in [3.63, 3.8) is 0 Å². The molecule has 0 radical (unpaired) electrons. The Morgan fingerprint density at radius 1 is 1.04 bits per heavy atom. The molecule has 3 N–H and O–H groups in total. The van der Waals surface area contributed by atoms with Crippen LogP contribution in [0.5, 0.6) is 0 Å². The summed E-state index contributed by atoms with van der Waals surface area (Å²) in [5, 5.41) is 34.0. The van der Waals surface area contributed by atoms with E-state index in [-0.39, 0.29) is 48.6 Å². The van der Waals surface area contributed by atoms with Gasteiger partial charge in [0.15, 0.2) is 12.2 Å². The Morgan fingerprint density at radius 3 is 2.23 bits per heavy atom. The van der Waals surface area contributed by atoms with Gasteiger partial charge in [-0.05, 0) is 100 Å². The molecule has 3 fully saturated rings. The van der Waals surface area contributed by atoms with Crippen LogP contribution in [0.4, 0.5) is 0 Å². The maximum Gasteiger partial charge on any atom is 0.335 e. The molecule has 0 aromatic rings. The largest absolute Gasteiger partial charge is 0.469 e. The lowest BCUT2D eigenvalue weighted by molar-refractivity contribution is -0.242. The molecule has 0 spiro atoms. The maximum absolute atomic E-state index is 13.9. The molecule has 1 saturated heterocycles. The van der Waals surface area contributed by atoms with Gasteiger partial charge >= 0.3 is 17.9 Å². The summed E-state index contributed by atoms with van der Waals surface area (Å²) in [6, 6.07) is 0. The number of rotatable bonds is 13. The van der Waals surface area contributed by atoms with Gasteiger partial charge in [0.05, 0.1) is 25.4 Å². The minimum Gasteiger partial charge on any atom is -0.469 e. The van der Waals surface area contributed by atoms with E-state index in [4.69, 9.17) is 18.9 Å². The van der Waals surface area contributed by atoms with E-state index < -0.39 is 70.0 Å². The van der Waals surface area contributed by atoms with Crippen LogP contribution in [-0.2, 0) is 33.3 Å². The highest BCUT2D eigenvalue weighted by atomic mass is 16.6. The van der Waals surface area contributed by atoms with Gasteiger partial charge in [-0.3, -0.25) is 4.79 Å². The van der Waals surface area contributed by atoms with Gasteiger partial charge < -0.3 is 34.3 Å². The molecule has 4 rings (SSSR count). The quantitative estimate of drug-likeness (QED) is 0.111.